The van der Waals surface area contributed by atoms with Gasteiger partial charge in [0, 0.05) is 24.9 Å². The number of halogens is 3. The Balaban J connectivity index is 2.13. The van der Waals surface area contributed by atoms with E-state index >= 15 is 0 Å². The van der Waals surface area contributed by atoms with Gasteiger partial charge in [-0.1, -0.05) is 6.08 Å². The fourth-order valence-electron chi connectivity index (χ4n) is 1.82. The van der Waals surface area contributed by atoms with E-state index in [1.807, 2.05) is 0 Å². The van der Waals surface area contributed by atoms with Gasteiger partial charge in [0.25, 0.3) is 5.91 Å². The number of carbonyl (C=O) groups excluding carboxylic acids is 1. The van der Waals surface area contributed by atoms with Crippen LogP contribution in [0.25, 0.3) is 0 Å². The SMILES string of the molecule is O=C(c1ncccc1O)N1CC=C(C(F)(F)F)CC1. The van der Waals surface area contributed by atoms with E-state index in [0.717, 1.165) is 6.08 Å². The summed E-state index contributed by atoms with van der Waals surface area (Å²) in [6.45, 7) is -0.177. The second-order valence-corrected chi connectivity index (χ2v) is 4.10. The minimum Gasteiger partial charge on any atom is -0.505 e. The van der Waals surface area contributed by atoms with Gasteiger partial charge in [0.1, 0.15) is 5.75 Å². The van der Waals surface area contributed by atoms with Gasteiger partial charge in [0.15, 0.2) is 5.69 Å². The second-order valence-electron chi connectivity index (χ2n) is 4.10. The topological polar surface area (TPSA) is 53.4 Å². The third-order valence-corrected chi connectivity index (χ3v) is 2.85. The number of alkyl halides is 3. The van der Waals surface area contributed by atoms with E-state index in [0.29, 0.717) is 0 Å². The van der Waals surface area contributed by atoms with Crippen LogP contribution in [-0.4, -0.2) is 40.2 Å². The van der Waals surface area contributed by atoms with Gasteiger partial charge >= 0.3 is 6.18 Å². The molecular weight excluding hydrogens is 261 g/mol. The summed E-state index contributed by atoms with van der Waals surface area (Å²) in [6.07, 6.45) is -2.26. The molecule has 1 aromatic heterocycles. The van der Waals surface area contributed by atoms with Crippen molar-refractivity contribution >= 4 is 5.91 Å². The number of nitrogens with zero attached hydrogens (tertiary/aromatic N) is 2. The van der Waals surface area contributed by atoms with E-state index in [1.165, 1.54) is 23.2 Å². The summed E-state index contributed by atoms with van der Waals surface area (Å²) in [5.74, 6) is -0.853. The van der Waals surface area contributed by atoms with Gasteiger partial charge < -0.3 is 10.0 Å². The van der Waals surface area contributed by atoms with E-state index in [4.69, 9.17) is 0 Å². The molecule has 0 aromatic carbocycles. The first kappa shape index (κ1) is 13.4. The van der Waals surface area contributed by atoms with Gasteiger partial charge in [-0.2, -0.15) is 13.2 Å². The molecule has 0 saturated heterocycles. The van der Waals surface area contributed by atoms with Crippen LogP contribution in [0.4, 0.5) is 13.2 Å². The zero-order valence-electron chi connectivity index (χ0n) is 9.81. The molecule has 1 N–H and O–H groups in total. The van der Waals surface area contributed by atoms with Gasteiger partial charge in [0.2, 0.25) is 0 Å². The van der Waals surface area contributed by atoms with Crippen molar-refractivity contribution in [2.45, 2.75) is 12.6 Å². The van der Waals surface area contributed by atoms with Gasteiger partial charge in [-0.05, 0) is 18.6 Å². The molecule has 0 aliphatic carbocycles. The fraction of sp³-hybridized carbons (Fsp3) is 0.333. The number of carbonyl (C=O) groups is 1. The highest BCUT2D eigenvalue weighted by Crippen LogP contribution is 2.30. The number of pyridine rings is 1. The van der Waals surface area contributed by atoms with Crippen LogP contribution in [0.2, 0.25) is 0 Å². The Labute approximate surface area is 107 Å². The summed E-state index contributed by atoms with van der Waals surface area (Å²) in [4.78, 5) is 16.9. The van der Waals surface area contributed by atoms with E-state index in [9.17, 15) is 23.1 Å². The van der Waals surface area contributed by atoms with Crippen LogP contribution < -0.4 is 0 Å². The second kappa shape index (κ2) is 4.91. The zero-order chi connectivity index (χ0) is 14.0. The largest absolute Gasteiger partial charge is 0.505 e. The van der Waals surface area contributed by atoms with Crippen molar-refractivity contribution in [2.75, 3.05) is 13.1 Å². The number of amides is 1. The predicted molar refractivity (Wildman–Crippen MR) is 60.6 cm³/mol. The number of hydrogen-bond acceptors (Lipinski definition) is 3. The Morgan fingerprint density at radius 3 is 2.68 bits per heavy atom. The maximum absolute atomic E-state index is 12.4. The molecule has 7 heteroatoms. The van der Waals surface area contributed by atoms with Crippen LogP contribution in [0.3, 0.4) is 0 Å². The molecule has 0 unspecified atom stereocenters. The summed E-state index contributed by atoms with van der Waals surface area (Å²) >= 11 is 0. The van der Waals surface area contributed by atoms with Crippen molar-refractivity contribution in [3.8, 4) is 5.75 Å². The van der Waals surface area contributed by atoms with Crippen LogP contribution in [0.5, 0.6) is 5.75 Å². The predicted octanol–water partition coefficient (Wildman–Crippen LogP) is 2.12. The summed E-state index contributed by atoms with van der Waals surface area (Å²) in [7, 11) is 0. The molecule has 0 atom stereocenters. The number of aromatic nitrogens is 1. The first-order valence-electron chi connectivity index (χ1n) is 5.59. The smallest absolute Gasteiger partial charge is 0.412 e. The molecule has 19 heavy (non-hydrogen) atoms. The average Bonchev–Trinajstić information content (AvgIpc) is 2.38. The molecule has 0 saturated carbocycles. The quantitative estimate of drug-likeness (QED) is 0.797. The average molecular weight is 272 g/mol. The molecule has 0 radical (unpaired) electrons. The number of rotatable bonds is 1. The third kappa shape index (κ3) is 2.86. The molecule has 0 fully saturated rings. The Morgan fingerprint density at radius 1 is 1.42 bits per heavy atom. The summed E-state index contributed by atoms with van der Waals surface area (Å²) in [5.41, 5.74) is -0.770. The third-order valence-electron chi connectivity index (χ3n) is 2.85. The van der Waals surface area contributed by atoms with E-state index < -0.39 is 17.7 Å². The van der Waals surface area contributed by atoms with Crippen molar-refractivity contribution in [1.82, 2.24) is 9.88 Å². The summed E-state index contributed by atoms with van der Waals surface area (Å²) < 4.78 is 37.3. The van der Waals surface area contributed by atoms with Crippen molar-refractivity contribution in [2.24, 2.45) is 0 Å². The van der Waals surface area contributed by atoms with Gasteiger partial charge in [-0.15, -0.1) is 0 Å². The highest BCUT2D eigenvalue weighted by molar-refractivity contribution is 5.95. The van der Waals surface area contributed by atoms with Crippen LogP contribution >= 0.6 is 0 Å². The van der Waals surface area contributed by atoms with E-state index in [1.54, 1.807) is 0 Å². The molecule has 2 rings (SSSR count). The minimum absolute atomic E-state index is 0.0415. The lowest BCUT2D eigenvalue weighted by molar-refractivity contribution is -0.0957. The zero-order valence-corrected chi connectivity index (χ0v) is 9.81. The normalized spacial score (nSPS) is 16.2. The van der Waals surface area contributed by atoms with Gasteiger partial charge in [0.05, 0.1) is 0 Å². The van der Waals surface area contributed by atoms with Crippen LogP contribution in [0.1, 0.15) is 16.9 Å². The molecule has 0 spiro atoms. The van der Waals surface area contributed by atoms with Crippen molar-refractivity contribution < 1.29 is 23.1 Å². The first-order valence-corrected chi connectivity index (χ1v) is 5.59. The van der Waals surface area contributed by atoms with Gasteiger partial charge in [-0.3, -0.25) is 4.79 Å². The molecule has 1 aliphatic heterocycles. The standard InChI is InChI=1S/C12H11F3N2O2/c13-12(14,15)8-3-6-17(7-4-8)11(19)10-9(18)2-1-5-16-10/h1-3,5,18H,4,6-7H2. The molecule has 1 amide bonds. The molecule has 4 nitrogen and oxygen atoms in total. The molecule has 102 valence electrons. The van der Waals surface area contributed by atoms with E-state index in [2.05, 4.69) is 4.98 Å². The number of aromatic hydroxyl groups is 1. The highest BCUT2D eigenvalue weighted by atomic mass is 19.4. The lowest BCUT2D eigenvalue weighted by Crippen LogP contribution is -2.37. The maximum Gasteiger partial charge on any atom is 0.412 e. The van der Waals surface area contributed by atoms with Gasteiger partial charge in [-0.25, -0.2) is 4.98 Å². The van der Waals surface area contributed by atoms with Crippen molar-refractivity contribution in [3.63, 3.8) is 0 Å². The Bertz CT molecular complexity index is 526. The lowest BCUT2D eigenvalue weighted by atomic mass is 10.1. The number of hydrogen-bond donors (Lipinski definition) is 1. The lowest BCUT2D eigenvalue weighted by Gasteiger charge is -2.27. The first-order chi connectivity index (χ1) is 8.89. The molecular formula is C12H11F3N2O2. The van der Waals surface area contributed by atoms with Crippen LogP contribution in [0, 0.1) is 0 Å². The van der Waals surface area contributed by atoms with Crippen LogP contribution in [-0.2, 0) is 0 Å². The molecule has 2 heterocycles. The Morgan fingerprint density at radius 2 is 2.16 bits per heavy atom. The fourth-order valence-corrected chi connectivity index (χ4v) is 1.82. The monoisotopic (exact) mass is 272 g/mol. The molecule has 0 bridgehead atoms. The van der Waals surface area contributed by atoms with E-state index in [-0.39, 0.29) is 31.0 Å². The van der Waals surface area contributed by atoms with Crippen LogP contribution in [0.15, 0.2) is 30.0 Å². The maximum atomic E-state index is 12.4. The molecule has 1 aromatic rings. The minimum atomic E-state index is -4.34. The van der Waals surface area contributed by atoms with Crippen molar-refractivity contribution in [3.05, 3.63) is 35.7 Å². The Hall–Kier alpha value is -2.05. The van der Waals surface area contributed by atoms with Crippen molar-refractivity contribution in [1.29, 1.82) is 0 Å². The summed E-state index contributed by atoms with van der Waals surface area (Å²) in [6, 6.07) is 2.77. The highest BCUT2D eigenvalue weighted by Gasteiger charge is 2.35. The summed E-state index contributed by atoms with van der Waals surface area (Å²) in [5, 5.41) is 9.49. The Kier molecular flexibility index (Phi) is 3.46. The molecule has 1 aliphatic rings.